The van der Waals surface area contributed by atoms with E-state index in [1.54, 1.807) is 0 Å². The van der Waals surface area contributed by atoms with Gasteiger partial charge in [-0.1, -0.05) is 0 Å². The molecular weight excluding hydrogens is 121 g/mol. The topological polar surface area (TPSA) is 60.2 Å². The van der Waals surface area contributed by atoms with Crippen molar-refractivity contribution in [3.05, 3.63) is 10.1 Å². The third-order valence-corrected chi connectivity index (χ3v) is 0.547. The molecule has 0 saturated carbocycles. The Kier molecular flexibility index (Phi) is 2.29. The summed E-state index contributed by atoms with van der Waals surface area (Å²) in [7, 11) is 0. The molecule has 0 atom stereocenters. The second-order valence-electron chi connectivity index (χ2n) is 0.784. The Balaban J connectivity index is 3.58. The second-order valence-corrected chi connectivity index (χ2v) is 1.05. The number of rotatable bonds is 1. The maximum absolute atomic E-state index is 9.68. The van der Waals surface area contributed by atoms with E-state index in [0.29, 0.717) is 0 Å². The first-order chi connectivity index (χ1) is 3.18. The average Bonchev–Trinajstić information content (AvgIpc) is 1.65. The van der Waals surface area contributed by atoms with Crippen LogP contribution in [0.15, 0.2) is 0 Å². The summed E-state index contributed by atoms with van der Waals surface area (Å²) in [6, 6.07) is 0. The molecule has 0 spiro atoms. The van der Waals surface area contributed by atoms with E-state index in [1.165, 1.54) is 0 Å². The van der Waals surface area contributed by atoms with Crippen molar-refractivity contribution in [2.45, 2.75) is 0 Å². The van der Waals surface area contributed by atoms with E-state index in [9.17, 15) is 14.9 Å². The molecule has 40 valence electrons. The van der Waals surface area contributed by atoms with Crippen molar-refractivity contribution in [3.63, 3.8) is 0 Å². The highest BCUT2D eigenvalue weighted by Gasteiger charge is 2.09. The standard InChI is InChI=1S/C2H2ClNO3/c3-1-2(5)4(6)7/h1H2. The van der Waals surface area contributed by atoms with Gasteiger partial charge in [0.25, 0.3) is 0 Å². The highest BCUT2D eigenvalue weighted by atomic mass is 35.5. The summed E-state index contributed by atoms with van der Waals surface area (Å²) in [4.78, 5) is 17.9. The zero-order valence-corrected chi connectivity index (χ0v) is 4.01. The zero-order chi connectivity index (χ0) is 5.86. The fraction of sp³-hybridized carbons (Fsp3) is 0.500. The van der Waals surface area contributed by atoms with Crippen LogP contribution in [0.5, 0.6) is 0 Å². The van der Waals surface area contributed by atoms with Gasteiger partial charge in [-0.3, -0.25) is 10.1 Å². The van der Waals surface area contributed by atoms with E-state index < -0.39 is 16.7 Å². The minimum atomic E-state index is -1.17. The van der Waals surface area contributed by atoms with E-state index in [4.69, 9.17) is 11.6 Å². The van der Waals surface area contributed by atoms with Gasteiger partial charge in [-0.05, 0) is 0 Å². The van der Waals surface area contributed by atoms with E-state index in [2.05, 4.69) is 0 Å². The largest absolute Gasteiger partial charge is 0.459 e. The summed E-state index contributed by atoms with van der Waals surface area (Å²) in [5, 5.41) is 9.30. The number of hydrogen-bond donors (Lipinski definition) is 0. The van der Waals surface area contributed by atoms with Crippen molar-refractivity contribution in [2.75, 3.05) is 5.88 Å². The maximum atomic E-state index is 9.68. The Morgan fingerprint density at radius 3 is 2.29 bits per heavy atom. The summed E-state index contributed by atoms with van der Waals surface area (Å²) >= 11 is 4.76. The van der Waals surface area contributed by atoms with Crippen LogP contribution < -0.4 is 0 Å². The lowest BCUT2D eigenvalue weighted by atomic mass is 10.8. The van der Waals surface area contributed by atoms with Crippen LogP contribution in [0.4, 0.5) is 0 Å². The normalized spacial score (nSPS) is 8.14. The van der Waals surface area contributed by atoms with E-state index in [-0.39, 0.29) is 0 Å². The summed E-state index contributed by atoms with van der Waals surface area (Å²) < 4.78 is 0. The molecule has 1 amide bonds. The van der Waals surface area contributed by atoms with Gasteiger partial charge < -0.3 is 0 Å². The Morgan fingerprint density at radius 1 is 1.86 bits per heavy atom. The molecule has 0 rings (SSSR count). The van der Waals surface area contributed by atoms with Gasteiger partial charge in [0.15, 0.2) is 5.88 Å². The average molecular weight is 123 g/mol. The molecule has 7 heavy (non-hydrogen) atoms. The van der Waals surface area contributed by atoms with Gasteiger partial charge in [-0.25, -0.2) is 4.79 Å². The quantitative estimate of drug-likeness (QED) is 0.281. The molecule has 0 saturated heterocycles. The van der Waals surface area contributed by atoms with Crippen molar-refractivity contribution >= 4 is 17.5 Å². The van der Waals surface area contributed by atoms with Gasteiger partial charge in [-0.15, -0.1) is 11.6 Å². The minimum absolute atomic E-state index is 0.549. The smallest absolute Gasteiger partial charge is 0.256 e. The number of halogens is 1. The van der Waals surface area contributed by atoms with Gasteiger partial charge >= 0.3 is 5.91 Å². The zero-order valence-electron chi connectivity index (χ0n) is 3.26. The van der Waals surface area contributed by atoms with Crippen LogP contribution in [0.2, 0.25) is 0 Å². The van der Waals surface area contributed by atoms with Gasteiger partial charge in [0.05, 0.1) is 0 Å². The summed E-state index contributed by atoms with van der Waals surface area (Å²) in [5.74, 6) is -1.71. The predicted octanol–water partition coefficient (Wildman–Crippen LogP) is 0.0285. The number of alkyl halides is 1. The number of nitrogens with zero attached hydrogens (tertiary/aromatic N) is 1. The molecule has 0 aliphatic heterocycles. The minimum Gasteiger partial charge on any atom is -0.256 e. The van der Waals surface area contributed by atoms with Crippen molar-refractivity contribution in [1.29, 1.82) is 0 Å². The third-order valence-electron chi connectivity index (χ3n) is 0.318. The molecule has 0 aliphatic rings. The molecule has 0 N–H and O–H groups in total. The van der Waals surface area contributed by atoms with Crippen LogP contribution in [0, 0.1) is 10.1 Å². The lowest BCUT2D eigenvalue weighted by Crippen LogP contribution is -2.11. The monoisotopic (exact) mass is 123 g/mol. The molecule has 0 aromatic rings. The molecule has 0 aromatic carbocycles. The molecule has 5 heteroatoms. The molecule has 0 radical (unpaired) electrons. The third kappa shape index (κ3) is 2.11. The van der Waals surface area contributed by atoms with Crippen molar-refractivity contribution < 1.29 is 9.72 Å². The fourth-order valence-electron chi connectivity index (χ4n) is 0.0488. The second kappa shape index (κ2) is 2.52. The van der Waals surface area contributed by atoms with Crippen molar-refractivity contribution in [3.8, 4) is 0 Å². The first kappa shape index (κ1) is 6.36. The Hall–Kier alpha value is -0.640. The van der Waals surface area contributed by atoms with Crippen LogP contribution >= 0.6 is 11.6 Å². The van der Waals surface area contributed by atoms with E-state index >= 15 is 0 Å². The molecule has 0 unspecified atom stereocenters. The highest BCUT2D eigenvalue weighted by molar-refractivity contribution is 6.26. The van der Waals surface area contributed by atoms with Crippen LogP contribution in [0.25, 0.3) is 0 Å². The Morgan fingerprint density at radius 2 is 2.29 bits per heavy atom. The van der Waals surface area contributed by atoms with Gasteiger partial charge in [0.2, 0.25) is 0 Å². The number of hydrogen-bond acceptors (Lipinski definition) is 3. The van der Waals surface area contributed by atoms with Gasteiger partial charge in [0, 0.05) is 0 Å². The van der Waals surface area contributed by atoms with Crippen LogP contribution in [0.1, 0.15) is 0 Å². The molecule has 4 nitrogen and oxygen atoms in total. The van der Waals surface area contributed by atoms with Crippen molar-refractivity contribution in [2.24, 2.45) is 0 Å². The van der Waals surface area contributed by atoms with Gasteiger partial charge in [-0.2, -0.15) is 0 Å². The highest BCUT2D eigenvalue weighted by Crippen LogP contribution is 1.77. The number of amides is 1. The molecule has 0 aromatic heterocycles. The Bertz CT molecular complexity index is 101. The summed E-state index contributed by atoms with van der Waals surface area (Å²) in [5.41, 5.74) is 0. The summed E-state index contributed by atoms with van der Waals surface area (Å²) in [6.07, 6.45) is 0. The van der Waals surface area contributed by atoms with Crippen molar-refractivity contribution in [1.82, 2.24) is 0 Å². The van der Waals surface area contributed by atoms with Crippen LogP contribution in [-0.4, -0.2) is 16.7 Å². The fourth-order valence-corrected chi connectivity index (χ4v) is 0.146. The molecule has 0 fully saturated rings. The first-order valence-electron chi connectivity index (χ1n) is 1.41. The van der Waals surface area contributed by atoms with Gasteiger partial charge in [0.1, 0.15) is 4.92 Å². The van der Waals surface area contributed by atoms with E-state index in [1.807, 2.05) is 0 Å². The molecule has 0 bridgehead atoms. The number of carbonyl (C=O) groups is 1. The molecular formula is C2H2ClNO3. The van der Waals surface area contributed by atoms with Crippen LogP contribution in [-0.2, 0) is 4.79 Å². The lowest BCUT2D eigenvalue weighted by Gasteiger charge is -1.76. The molecule has 0 aliphatic carbocycles. The molecule has 0 heterocycles. The summed E-state index contributed by atoms with van der Waals surface area (Å²) in [6.45, 7) is 0. The predicted molar refractivity (Wildman–Crippen MR) is 22.7 cm³/mol. The Labute approximate surface area is 44.2 Å². The number of carbonyl (C=O) groups excluding carboxylic acids is 1. The number of nitro groups is 1. The maximum Gasteiger partial charge on any atom is 0.459 e. The SMILES string of the molecule is O=C(CCl)[N+](=O)[O-]. The van der Waals surface area contributed by atoms with Crippen LogP contribution in [0.3, 0.4) is 0 Å². The van der Waals surface area contributed by atoms with E-state index in [0.717, 1.165) is 0 Å². The first-order valence-corrected chi connectivity index (χ1v) is 1.95. The lowest BCUT2D eigenvalue weighted by molar-refractivity contribution is -0.399.